The number of hydrogen-bond donors (Lipinski definition) is 2. The van der Waals surface area contributed by atoms with Crippen LogP contribution in [0.2, 0.25) is 0 Å². The lowest BCUT2D eigenvalue weighted by molar-refractivity contribution is -0.0234. The van der Waals surface area contributed by atoms with E-state index in [1.807, 2.05) is 18.0 Å². The van der Waals surface area contributed by atoms with Gasteiger partial charge in [-0.15, -0.1) is 22.7 Å². The van der Waals surface area contributed by atoms with Gasteiger partial charge in [0.2, 0.25) is 0 Å². The normalized spacial score (nSPS) is 25.0. The maximum atomic E-state index is 10.5. The molecule has 3 nitrogen and oxygen atoms in total. The molecule has 0 unspecified atom stereocenters. The van der Waals surface area contributed by atoms with E-state index in [0.29, 0.717) is 11.8 Å². The summed E-state index contributed by atoms with van der Waals surface area (Å²) in [4.78, 5) is 6.92. The van der Waals surface area contributed by atoms with Crippen molar-refractivity contribution in [2.75, 3.05) is 12.3 Å². The molecular weight excluding hydrogens is 320 g/mol. The lowest BCUT2D eigenvalue weighted by atomic mass is 9.79. The SMILES string of the molecule is CCS[C@H]1CC[C@@]1(O)CNCc1cnc(-c2cccs2)s1. The van der Waals surface area contributed by atoms with E-state index in [2.05, 4.69) is 34.7 Å². The Kier molecular flexibility index (Phi) is 5.01. The molecule has 0 amide bonds. The van der Waals surface area contributed by atoms with Crippen LogP contribution in [0.1, 0.15) is 24.6 Å². The molecule has 0 bridgehead atoms. The fourth-order valence-electron chi connectivity index (χ4n) is 2.54. The Morgan fingerprint density at radius 2 is 2.48 bits per heavy atom. The van der Waals surface area contributed by atoms with E-state index in [-0.39, 0.29) is 0 Å². The first-order chi connectivity index (χ1) is 10.2. The molecule has 21 heavy (non-hydrogen) atoms. The minimum atomic E-state index is -0.512. The monoisotopic (exact) mass is 340 g/mol. The summed E-state index contributed by atoms with van der Waals surface area (Å²) < 4.78 is 0. The van der Waals surface area contributed by atoms with Crippen molar-refractivity contribution >= 4 is 34.4 Å². The van der Waals surface area contributed by atoms with Gasteiger partial charge in [0.15, 0.2) is 0 Å². The van der Waals surface area contributed by atoms with Crippen molar-refractivity contribution in [2.45, 2.75) is 37.2 Å². The quantitative estimate of drug-likeness (QED) is 0.808. The molecule has 2 N–H and O–H groups in total. The first-order valence-electron chi connectivity index (χ1n) is 7.24. The highest BCUT2D eigenvalue weighted by atomic mass is 32.2. The van der Waals surface area contributed by atoms with Gasteiger partial charge in [-0.2, -0.15) is 11.8 Å². The van der Waals surface area contributed by atoms with Gasteiger partial charge < -0.3 is 10.4 Å². The van der Waals surface area contributed by atoms with Crippen LogP contribution in [-0.2, 0) is 6.54 Å². The summed E-state index contributed by atoms with van der Waals surface area (Å²) in [6.07, 6.45) is 4.00. The van der Waals surface area contributed by atoms with Crippen LogP contribution in [0, 0.1) is 0 Å². The first-order valence-corrected chi connectivity index (χ1v) is 9.99. The van der Waals surface area contributed by atoms with E-state index < -0.39 is 5.60 Å². The number of nitrogens with zero attached hydrogens (tertiary/aromatic N) is 1. The summed E-state index contributed by atoms with van der Waals surface area (Å²) >= 11 is 5.32. The van der Waals surface area contributed by atoms with E-state index in [1.165, 1.54) is 9.75 Å². The molecule has 6 heteroatoms. The molecule has 0 aliphatic heterocycles. The minimum absolute atomic E-state index is 0.401. The smallest absolute Gasteiger partial charge is 0.133 e. The van der Waals surface area contributed by atoms with Crippen molar-refractivity contribution in [3.63, 3.8) is 0 Å². The summed E-state index contributed by atoms with van der Waals surface area (Å²) in [7, 11) is 0. The van der Waals surface area contributed by atoms with Gasteiger partial charge in [0, 0.05) is 29.4 Å². The van der Waals surface area contributed by atoms with Crippen LogP contribution in [0.25, 0.3) is 9.88 Å². The van der Waals surface area contributed by atoms with Gasteiger partial charge >= 0.3 is 0 Å². The predicted octanol–water partition coefficient (Wildman–Crippen LogP) is 3.61. The average Bonchev–Trinajstić information content (AvgIpc) is 3.14. The van der Waals surface area contributed by atoms with Crippen molar-refractivity contribution in [1.82, 2.24) is 10.3 Å². The second-order valence-electron chi connectivity index (χ2n) is 5.30. The number of aliphatic hydroxyl groups is 1. The third-order valence-electron chi connectivity index (χ3n) is 3.82. The lowest BCUT2D eigenvalue weighted by Gasteiger charge is -2.45. The molecule has 0 saturated heterocycles. The number of aromatic nitrogens is 1. The highest BCUT2D eigenvalue weighted by Gasteiger charge is 2.44. The summed E-state index contributed by atoms with van der Waals surface area (Å²) in [5.74, 6) is 1.08. The lowest BCUT2D eigenvalue weighted by Crippen LogP contribution is -2.56. The Morgan fingerprint density at radius 1 is 1.57 bits per heavy atom. The fraction of sp³-hybridized carbons (Fsp3) is 0.533. The summed E-state index contributed by atoms with van der Waals surface area (Å²) in [5.41, 5.74) is -0.512. The molecule has 1 aliphatic carbocycles. The molecule has 2 heterocycles. The molecular formula is C15H20N2OS3. The van der Waals surface area contributed by atoms with E-state index >= 15 is 0 Å². The topological polar surface area (TPSA) is 45.1 Å². The van der Waals surface area contributed by atoms with Crippen molar-refractivity contribution in [2.24, 2.45) is 0 Å². The Labute approximate surface area is 137 Å². The van der Waals surface area contributed by atoms with Crippen LogP contribution in [0.4, 0.5) is 0 Å². The Morgan fingerprint density at radius 3 is 3.14 bits per heavy atom. The average molecular weight is 341 g/mol. The predicted molar refractivity (Wildman–Crippen MR) is 93.2 cm³/mol. The number of thiophene rings is 1. The van der Waals surface area contributed by atoms with Crippen molar-refractivity contribution in [3.05, 3.63) is 28.6 Å². The van der Waals surface area contributed by atoms with Crippen LogP contribution >= 0.6 is 34.4 Å². The molecule has 1 fully saturated rings. The first kappa shape index (κ1) is 15.5. The number of thiazole rings is 1. The van der Waals surface area contributed by atoms with Crippen LogP contribution in [0.5, 0.6) is 0 Å². The molecule has 114 valence electrons. The van der Waals surface area contributed by atoms with Crippen molar-refractivity contribution in [3.8, 4) is 9.88 Å². The van der Waals surface area contributed by atoms with Crippen molar-refractivity contribution < 1.29 is 5.11 Å². The molecule has 0 aromatic carbocycles. The van der Waals surface area contributed by atoms with E-state index in [9.17, 15) is 5.11 Å². The zero-order chi connectivity index (χ0) is 14.7. The Bertz CT molecular complexity index is 569. The van der Waals surface area contributed by atoms with Crippen LogP contribution in [-0.4, -0.2) is 33.2 Å². The minimum Gasteiger partial charge on any atom is -0.387 e. The number of nitrogens with one attached hydrogen (secondary N) is 1. The highest BCUT2D eigenvalue weighted by molar-refractivity contribution is 8.00. The summed E-state index contributed by atoms with van der Waals surface area (Å²) in [6.45, 7) is 3.62. The van der Waals surface area contributed by atoms with Gasteiger partial charge in [-0.25, -0.2) is 4.98 Å². The zero-order valence-electron chi connectivity index (χ0n) is 12.0. The van der Waals surface area contributed by atoms with Gasteiger partial charge in [-0.3, -0.25) is 0 Å². The molecule has 2 atom stereocenters. The zero-order valence-corrected chi connectivity index (χ0v) is 14.5. The Balaban J connectivity index is 1.50. The van der Waals surface area contributed by atoms with E-state index in [0.717, 1.165) is 30.1 Å². The van der Waals surface area contributed by atoms with Crippen molar-refractivity contribution in [1.29, 1.82) is 0 Å². The second kappa shape index (κ2) is 6.79. The maximum absolute atomic E-state index is 10.5. The highest BCUT2D eigenvalue weighted by Crippen LogP contribution is 2.40. The van der Waals surface area contributed by atoms with E-state index in [4.69, 9.17) is 0 Å². The molecule has 2 aromatic rings. The summed E-state index contributed by atoms with van der Waals surface area (Å²) in [6, 6.07) is 4.15. The molecule has 3 rings (SSSR count). The second-order valence-corrected chi connectivity index (χ2v) is 8.84. The number of rotatable bonds is 7. The van der Waals surface area contributed by atoms with Gasteiger partial charge in [0.05, 0.1) is 10.5 Å². The molecule has 1 saturated carbocycles. The van der Waals surface area contributed by atoms with Crippen LogP contribution < -0.4 is 5.32 Å². The third kappa shape index (κ3) is 3.51. The van der Waals surface area contributed by atoms with Crippen LogP contribution in [0.3, 0.4) is 0 Å². The van der Waals surface area contributed by atoms with Gasteiger partial charge in [-0.05, 0) is 30.0 Å². The largest absolute Gasteiger partial charge is 0.387 e. The Hall–Kier alpha value is -0.400. The molecule has 1 aliphatic rings. The number of thioether (sulfide) groups is 1. The van der Waals surface area contributed by atoms with Gasteiger partial charge in [0.1, 0.15) is 5.01 Å². The summed E-state index contributed by atoms with van der Waals surface area (Å²) in [5, 5.41) is 17.5. The number of hydrogen-bond acceptors (Lipinski definition) is 6. The van der Waals surface area contributed by atoms with Gasteiger partial charge in [0.25, 0.3) is 0 Å². The van der Waals surface area contributed by atoms with Gasteiger partial charge in [-0.1, -0.05) is 13.0 Å². The molecule has 2 aromatic heterocycles. The standard InChI is InChI=1S/C15H20N2OS3/c1-2-19-13-5-6-15(13,18)10-16-8-11-9-17-14(21-11)12-4-3-7-20-12/h3-4,7,9,13,16,18H,2,5-6,8,10H2,1H3/t13-,15+/m0/s1. The third-order valence-corrected chi connectivity index (χ3v) is 7.27. The fourth-order valence-corrected chi connectivity index (χ4v) is 5.43. The van der Waals surface area contributed by atoms with E-state index in [1.54, 1.807) is 22.7 Å². The maximum Gasteiger partial charge on any atom is 0.133 e. The molecule has 0 radical (unpaired) electrons. The van der Waals surface area contributed by atoms with Crippen LogP contribution in [0.15, 0.2) is 23.7 Å². The molecule has 0 spiro atoms.